The topological polar surface area (TPSA) is 77.8 Å². The molecule has 4 aromatic heterocycles. The number of nitrogens with zero attached hydrogens (tertiary/aromatic N) is 4. The highest BCUT2D eigenvalue weighted by atomic mass is 16.3. The maximum atomic E-state index is 6.29. The van der Waals surface area contributed by atoms with Crippen LogP contribution < -0.4 is 0 Å². The fraction of sp³-hybridized carbons (Fsp3) is 0. The first kappa shape index (κ1) is 30.2. The van der Waals surface area contributed by atoms with E-state index in [1.165, 1.54) is 0 Å². The summed E-state index contributed by atoms with van der Waals surface area (Å²) in [6.45, 7) is 0. The van der Waals surface area contributed by atoms with Gasteiger partial charge in [0.05, 0.1) is 6.20 Å². The molecule has 4 heterocycles. The third kappa shape index (κ3) is 4.81. The van der Waals surface area contributed by atoms with E-state index in [-0.39, 0.29) is 0 Å². The van der Waals surface area contributed by atoms with Crippen molar-refractivity contribution in [3.05, 3.63) is 170 Å². The van der Waals surface area contributed by atoms with Crippen molar-refractivity contribution in [2.75, 3.05) is 0 Å². The van der Waals surface area contributed by atoms with Gasteiger partial charge in [-0.15, -0.1) is 0 Å². The fourth-order valence-corrected chi connectivity index (χ4v) is 7.82. The van der Waals surface area contributed by atoms with Crippen LogP contribution in [0.25, 0.3) is 111 Å². The van der Waals surface area contributed by atoms with Crippen molar-refractivity contribution in [2.45, 2.75) is 0 Å². The van der Waals surface area contributed by atoms with Crippen molar-refractivity contribution >= 4 is 54.6 Å². The minimum Gasteiger partial charge on any atom is -0.456 e. The van der Waals surface area contributed by atoms with E-state index >= 15 is 0 Å². The highest BCUT2D eigenvalue weighted by Gasteiger charge is 2.20. The van der Waals surface area contributed by atoms with E-state index in [2.05, 4.69) is 108 Å². The number of fused-ring (bicyclic) bond motifs is 7. The Bertz CT molecular complexity index is 3240. The third-order valence-electron chi connectivity index (χ3n) is 10.3. The van der Waals surface area contributed by atoms with Crippen LogP contribution in [0.5, 0.6) is 0 Å². The number of furan rings is 2. The van der Waals surface area contributed by atoms with Gasteiger partial charge in [-0.3, -0.25) is 4.98 Å². The van der Waals surface area contributed by atoms with Gasteiger partial charge >= 0.3 is 0 Å². The zero-order chi connectivity index (χ0) is 35.6. The predicted octanol–water partition coefficient (Wildman–Crippen LogP) is 12.6. The molecule has 0 amide bonds. The predicted molar refractivity (Wildman–Crippen MR) is 217 cm³/mol. The molecule has 0 unspecified atom stereocenters. The Hall–Kier alpha value is -7.44. The molecule has 252 valence electrons. The van der Waals surface area contributed by atoms with Crippen LogP contribution >= 0.6 is 0 Å². The highest BCUT2D eigenvalue weighted by Crippen LogP contribution is 2.42. The summed E-state index contributed by atoms with van der Waals surface area (Å²) < 4.78 is 12.5. The molecular formula is C48H28N4O2. The van der Waals surface area contributed by atoms with Crippen LogP contribution in [0, 0.1) is 0 Å². The molecule has 0 spiro atoms. The number of aromatic nitrogens is 4. The maximum Gasteiger partial charge on any atom is 0.164 e. The minimum absolute atomic E-state index is 0.577. The summed E-state index contributed by atoms with van der Waals surface area (Å²) >= 11 is 0. The Balaban J connectivity index is 1.16. The summed E-state index contributed by atoms with van der Waals surface area (Å²) in [5.41, 5.74) is 10.3. The van der Waals surface area contributed by atoms with Gasteiger partial charge < -0.3 is 8.83 Å². The van der Waals surface area contributed by atoms with Crippen LogP contribution in [-0.4, -0.2) is 19.9 Å². The van der Waals surface area contributed by atoms with E-state index in [0.717, 1.165) is 93.6 Å². The first-order valence-electron chi connectivity index (χ1n) is 17.9. The maximum absolute atomic E-state index is 6.29. The summed E-state index contributed by atoms with van der Waals surface area (Å²) in [6.07, 6.45) is 3.59. The van der Waals surface area contributed by atoms with E-state index in [1.807, 2.05) is 60.8 Å². The average Bonchev–Trinajstić information content (AvgIpc) is 3.82. The van der Waals surface area contributed by atoms with Gasteiger partial charge in [-0.1, -0.05) is 127 Å². The number of pyridine rings is 1. The average molecular weight is 693 g/mol. The molecule has 0 saturated carbocycles. The van der Waals surface area contributed by atoms with E-state index in [1.54, 1.807) is 6.20 Å². The Morgan fingerprint density at radius 1 is 0.333 bits per heavy atom. The molecule has 11 aromatic rings. The van der Waals surface area contributed by atoms with E-state index in [9.17, 15) is 0 Å². The summed E-state index contributed by atoms with van der Waals surface area (Å²) in [5, 5.41) is 6.22. The lowest BCUT2D eigenvalue weighted by molar-refractivity contribution is 0.667. The van der Waals surface area contributed by atoms with Gasteiger partial charge in [-0.05, 0) is 63.4 Å². The molecule has 0 radical (unpaired) electrons. The zero-order valence-corrected chi connectivity index (χ0v) is 28.8. The van der Waals surface area contributed by atoms with Crippen LogP contribution in [0.15, 0.2) is 179 Å². The number of benzene rings is 7. The standard InChI is InChI=1S/C48H28N4O2/c1-2-11-29(12-3-1)30-13-6-14-31(27-30)46-50-47(52-48(51-46)39-21-10-24-42-45(39)37-15-4-5-22-40(37)53-42)36-20-8-16-32-33(17-7-18-34(32)36)35-19-9-23-41-44(35)38-25-26-49-28-43(38)54-41/h1-28H. The van der Waals surface area contributed by atoms with Crippen LogP contribution in [0.4, 0.5) is 0 Å². The molecule has 0 aliphatic rings. The van der Waals surface area contributed by atoms with Gasteiger partial charge in [-0.2, -0.15) is 0 Å². The van der Waals surface area contributed by atoms with Crippen molar-refractivity contribution in [3.8, 4) is 56.4 Å². The Morgan fingerprint density at radius 2 is 0.870 bits per heavy atom. The molecule has 0 N–H and O–H groups in total. The molecule has 0 aliphatic carbocycles. The van der Waals surface area contributed by atoms with Gasteiger partial charge in [0.15, 0.2) is 23.1 Å². The molecule has 0 fully saturated rings. The molecule has 6 nitrogen and oxygen atoms in total. The lowest BCUT2D eigenvalue weighted by atomic mass is 9.93. The lowest BCUT2D eigenvalue weighted by Crippen LogP contribution is -2.01. The van der Waals surface area contributed by atoms with Gasteiger partial charge in [-0.25, -0.2) is 15.0 Å². The molecule has 7 aromatic carbocycles. The normalized spacial score (nSPS) is 11.7. The van der Waals surface area contributed by atoms with Crippen molar-refractivity contribution < 1.29 is 8.83 Å². The highest BCUT2D eigenvalue weighted by molar-refractivity contribution is 6.16. The molecule has 54 heavy (non-hydrogen) atoms. The number of hydrogen-bond acceptors (Lipinski definition) is 6. The monoisotopic (exact) mass is 692 g/mol. The molecule has 0 saturated heterocycles. The Kier molecular flexibility index (Phi) is 6.75. The number of para-hydroxylation sites is 1. The second kappa shape index (κ2) is 12.1. The SMILES string of the molecule is c1ccc(-c2cccc(-c3nc(-c4cccc5c(-c6cccc7oc8cnccc8c67)cccc45)nc(-c4cccc5oc6ccccc6c45)n3)c2)cc1. The summed E-state index contributed by atoms with van der Waals surface area (Å²) in [4.78, 5) is 20.0. The summed E-state index contributed by atoms with van der Waals surface area (Å²) in [7, 11) is 0. The first-order valence-corrected chi connectivity index (χ1v) is 17.9. The molecular weight excluding hydrogens is 665 g/mol. The smallest absolute Gasteiger partial charge is 0.164 e. The minimum atomic E-state index is 0.577. The van der Waals surface area contributed by atoms with Gasteiger partial charge in [0.2, 0.25) is 0 Å². The molecule has 6 heteroatoms. The van der Waals surface area contributed by atoms with E-state index < -0.39 is 0 Å². The van der Waals surface area contributed by atoms with E-state index in [0.29, 0.717) is 17.5 Å². The molecule has 0 atom stereocenters. The van der Waals surface area contributed by atoms with E-state index in [4.69, 9.17) is 23.8 Å². The van der Waals surface area contributed by atoms with Crippen molar-refractivity contribution in [3.63, 3.8) is 0 Å². The first-order chi connectivity index (χ1) is 26.8. The molecule has 0 aliphatic heterocycles. The van der Waals surface area contributed by atoms with Crippen molar-refractivity contribution in [1.82, 2.24) is 19.9 Å². The summed E-state index contributed by atoms with van der Waals surface area (Å²) in [6, 6.07) is 54.0. The molecule has 11 rings (SSSR count). The van der Waals surface area contributed by atoms with Crippen LogP contribution in [0.1, 0.15) is 0 Å². The Labute approximate surface area is 309 Å². The zero-order valence-electron chi connectivity index (χ0n) is 28.8. The van der Waals surface area contributed by atoms with Crippen LogP contribution in [0.2, 0.25) is 0 Å². The number of rotatable bonds is 5. The Morgan fingerprint density at radius 3 is 1.72 bits per heavy atom. The van der Waals surface area contributed by atoms with Gasteiger partial charge in [0.25, 0.3) is 0 Å². The molecule has 0 bridgehead atoms. The van der Waals surface area contributed by atoms with Gasteiger partial charge in [0.1, 0.15) is 16.7 Å². The largest absolute Gasteiger partial charge is 0.456 e. The quantitative estimate of drug-likeness (QED) is 0.179. The van der Waals surface area contributed by atoms with Gasteiger partial charge in [0, 0.05) is 44.4 Å². The lowest BCUT2D eigenvalue weighted by Gasteiger charge is -2.13. The van der Waals surface area contributed by atoms with Crippen LogP contribution in [-0.2, 0) is 0 Å². The fourth-order valence-electron chi connectivity index (χ4n) is 7.82. The van der Waals surface area contributed by atoms with Crippen LogP contribution in [0.3, 0.4) is 0 Å². The van der Waals surface area contributed by atoms with Crippen molar-refractivity contribution in [1.29, 1.82) is 0 Å². The number of hydrogen-bond donors (Lipinski definition) is 0. The third-order valence-corrected chi connectivity index (χ3v) is 10.3. The second-order valence-electron chi connectivity index (χ2n) is 13.4. The van der Waals surface area contributed by atoms with Crippen molar-refractivity contribution in [2.24, 2.45) is 0 Å². The summed E-state index contributed by atoms with van der Waals surface area (Å²) in [5.74, 6) is 1.76. The second-order valence-corrected chi connectivity index (χ2v) is 13.4.